The number of carboxylic acids is 1. The third-order valence-electron chi connectivity index (χ3n) is 3.79. The van der Waals surface area contributed by atoms with Gasteiger partial charge >= 0.3 is 12.0 Å². The average Bonchev–Trinajstić information content (AvgIpc) is 2.38. The fraction of sp³-hybridized carbons (Fsp3) is 0.857. The zero-order valence-corrected chi connectivity index (χ0v) is 13.4. The molecule has 122 valence electrons. The van der Waals surface area contributed by atoms with Crippen molar-refractivity contribution in [1.82, 2.24) is 20.4 Å². The molecule has 3 N–H and O–H groups in total. The van der Waals surface area contributed by atoms with E-state index in [1.54, 1.807) is 0 Å². The molecule has 0 spiro atoms. The lowest BCUT2D eigenvalue weighted by molar-refractivity contribution is -0.139. The first-order chi connectivity index (χ1) is 9.79. The van der Waals surface area contributed by atoms with E-state index in [0.717, 1.165) is 19.6 Å². The van der Waals surface area contributed by atoms with E-state index < -0.39 is 18.0 Å². The molecule has 7 nitrogen and oxygen atoms in total. The molecule has 21 heavy (non-hydrogen) atoms. The zero-order valence-electron chi connectivity index (χ0n) is 13.4. The number of carbonyl (C=O) groups excluding carboxylic acids is 1. The highest BCUT2D eigenvalue weighted by atomic mass is 16.4. The van der Waals surface area contributed by atoms with E-state index in [9.17, 15) is 9.59 Å². The van der Waals surface area contributed by atoms with Gasteiger partial charge in [-0.1, -0.05) is 13.8 Å². The van der Waals surface area contributed by atoms with Crippen molar-refractivity contribution < 1.29 is 14.7 Å². The molecule has 0 bridgehead atoms. The Hall–Kier alpha value is -1.34. The average molecular weight is 300 g/mol. The van der Waals surface area contributed by atoms with Gasteiger partial charge in [-0.3, -0.25) is 4.90 Å². The second-order valence-electron chi connectivity index (χ2n) is 6.27. The Labute approximate surface area is 126 Å². The van der Waals surface area contributed by atoms with Gasteiger partial charge in [-0.05, 0) is 26.4 Å². The van der Waals surface area contributed by atoms with Crippen LogP contribution in [-0.2, 0) is 4.79 Å². The summed E-state index contributed by atoms with van der Waals surface area (Å²) in [7, 11) is 4.10. The van der Waals surface area contributed by atoms with Gasteiger partial charge in [-0.15, -0.1) is 0 Å². The number of nitrogens with one attached hydrogen (secondary N) is 2. The fourth-order valence-electron chi connectivity index (χ4n) is 2.43. The molecule has 1 aliphatic heterocycles. The van der Waals surface area contributed by atoms with Crippen molar-refractivity contribution in [3.05, 3.63) is 0 Å². The Morgan fingerprint density at radius 1 is 1.29 bits per heavy atom. The lowest BCUT2D eigenvalue weighted by Crippen LogP contribution is -2.56. The molecule has 1 aliphatic rings. The van der Waals surface area contributed by atoms with E-state index in [-0.39, 0.29) is 12.0 Å². The van der Waals surface area contributed by atoms with Gasteiger partial charge in [0.15, 0.2) is 0 Å². The number of rotatable bonds is 6. The van der Waals surface area contributed by atoms with Crippen molar-refractivity contribution in [2.75, 3.05) is 40.3 Å². The van der Waals surface area contributed by atoms with Crippen LogP contribution in [0.4, 0.5) is 4.79 Å². The van der Waals surface area contributed by atoms with Crippen molar-refractivity contribution in [2.24, 2.45) is 5.92 Å². The monoisotopic (exact) mass is 300 g/mol. The molecular weight excluding hydrogens is 272 g/mol. The predicted molar refractivity (Wildman–Crippen MR) is 81.3 cm³/mol. The number of carboxylic acid groups (broad SMARTS) is 1. The third kappa shape index (κ3) is 6.31. The number of amides is 2. The van der Waals surface area contributed by atoms with Gasteiger partial charge in [0.1, 0.15) is 6.04 Å². The normalized spacial score (nSPS) is 22.0. The first-order valence-corrected chi connectivity index (χ1v) is 7.45. The lowest BCUT2D eigenvalue weighted by atomic mass is 10.0. The number of piperazine rings is 1. The molecule has 0 aromatic rings. The number of nitrogens with zero attached hydrogens (tertiary/aromatic N) is 2. The first-order valence-electron chi connectivity index (χ1n) is 7.45. The molecule has 2 atom stereocenters. The van der Waals surface area contributed by atoms with Crippen LogP contribution in [0.25, 0.3) is 0 Å². The molecule has 7 heteroatoms. The van der Waals surface area contributed by atoms with E-state index >= 15 is 0 Å². The molecule has 1 heterocycles. The maximum atomic E-state index is 11.9. The number of aliphatic carboxylic acids is 1. The third-order valence-corrected chi connectivity index (χ3v) is 3.79. The van der Waals surface area contributed by atoms with Gasteiger partial charge in [0.2, 0.25) is 0 Å². The quantitative estimate of drug-likeness (QED) is 0.644. The maximum absolute atomic E-state index is 11.9. The molecule has 2 unspecified atom stereocenters. The van der Waals surface area contributed by atoms with E-state index in [0.29, 0.717) is 13.0 Å². The minimum absolute atomic E-state index is 0.213. The predicted octanol–water partition coefficient (Wildman–Crippen LogP) is 0.0307. The second kappa shape index (κ2) is 8.19. The highest BCUT2D eigenvalue weighted by Gasteiger charge is 2.24. The highest BCUT2D eigenvalue weighted by molar-refractivity contribution is 5.82. The minimum Gasteiger partial charge on any atom is -0.480 e. The molecule has 0 saturated carbocycles. The van der Waals surface area contributed by atoms with Crippen molar-refractivity contribution in [3.8, 4) is 0 Å². The number of likely N-dealkylation sites (N-methyl/N-ethyl adjacent to an activating group) is 2. The summed E-state index contributed by atoms with van der Waals surface area (Å²) in [5.74, 6) is -0.780. The molecule has 0 aromatic carbocycles. The van der Waals surface area contributed by atoms with Gasteiger partial charge < -0.3 is 20.6 Å². The van der Waals surface area contributed by atoms with Gasteiger partial charge in [0.25, 0.3) is 0 Å². The van der Waals surface area contributed by atoms with Crippen LogP contribution in [-0.4, -0.2) is 79.3 Å². The van der Waals surface area contributed by atoms with Crippen LogP contribution in [0.3, 0.4) is 0 Å². The number of hydrogen-bond acceptors (Lipinski definition) is 4. The van der Waals surface area contributed by atoms with Crippen molar-refractivity contribution >= 4 is 12.0 Å². The first kappa shape index (κ1) is 17.7. The molecule has 1 saturated heterocycles. The molecule has 2 amide bonds. The summed E-state index contributed by atoms with van der Waals surface area (Å²) < 4.78 is 0. The number of hydrogen-bond donors (Lipinski definition) is 3. The van der Waals surface area contributed by atoms with Crippen LogP contribution in [0, 0.1) is 5.92 Å². The van der Waals surface area contributed by atoms with E-state index in [2.05, 4.69) is 27.5 Å². The lowest BCUT2D eigenvalue weighted by Gasteiger charge is -2.37. The number of carbonyl (C=O) groups is 2. The Morgan fingerprint density at radius 3 is 2.52 bits per heavy atom. The van der Waals surface area contributed by atoms with Gasteiger partial charge in [-0.2, -0.15) is 0 Å². The van der Waals surface area contributed by atoms with Crippen molar-refractivity contribution in [2.45, 2.75) is 32.4 Å². The Morgan fingerprint density at radius 2 is 1.95 bits per heavy atom. The largest absolute Gasteiger partial charge is 0.480 e. The number of urea groups is 1. The Balaban J connectivity index is 2.40. The summed E-state index contributed by atoms with van der Waals surface area (Å²) in [4.78, 5) is 27.4. The minimum atomic E-state index is -0.992. The summed E-state index contributed by atoms with van der Waals surface area (Å²) >= 11 is 0. The SMILES string of the molecule is CC(C)CC(NC(=O)NCC1CN(C)CCN1C)C(=O)O. The van der Waals surface area contributed by atoms with Crippen molar-refractivity contribution in [1.29, 1.82) is 0 Å². The summed E-state index contributed by atoms with van der Waals surface area (Å²) in [6.07, 6.45) is 0.425. The topological polar surface area (TPSA) is 84.9 Å². The fourth-order valence-corrected chi connectivity index (χ4v) is 2.43. The molecule has 0 aromatic heterocycles. The molecule has 1 fully saturated rings. The summed E-state index contributed by atoms with van der Waals surface area (Å²) in [5, 5.41) is 14.4. The zero-order chi connectivity index (χ0) is 16.0. The van der Waals surface area contributed by atoms with Crippen LogP contribution >= 0.6 is 0 Å². The summed E-state index contributed by atoms with van der Waals surface area (Å²) in [6.45, 7) is 7.26. The maximum Gasteiger partial charge on any atom is 0.326 e. The second-order valence-corrected chi connectivity index (χ2v) is 6.27. The molecule has 0 aliphatic carbocycles. The summed E-state index contributed by atoms with van der Waals surface area (Å²) in [6, 6.07) is -0.996. The molecule has 1 rings (SSSR count). The Kier molecular flexibility index (Phi) is 6.91. The van der Waals surface area contributed by atoms with Crippen LogP contribution in [0.15, 0.2) is 0 Å². The van der Waals surface area contributed by atoms with Crippen molar-refractivity contribution in [3.63, 3.8) is 0 Å². The molecular formula is C14H28N4O3. The van der Waals surface area contributed by atoms with Crippen LogP contribution in [0.1, 0.15) is 20.3 Å². The highest BCUT2D eigenvalue weighted by Crippen LogP contribution is 2.06. The van der Waals surface area contributed by atoms with Gasteiger partial charge in [0.05, 0.1) is 0 Å². The van der Waals surface area contributed by atoms with Crippen LogP contribution < -0.4 is 10.6 Å². The molecule has 0 radical (unpaired) electrons. The van der Waals surface area contributed by atoms with E-state index in [1.807, 2.05) is 20.9 Å². The van der Waals surface area contributed by atoms with E-state index in [1.165, 1.54) is 0 Å². The standard InChI is InChI=1S/C14H28N4O3/c1-10(2)7-12(13(19)20)16-14(21)15-8-11-9-17(3)5-6-18(11)4/h10-12H,5-9H2,1-4H3,(H,19,20)(H2,15,16,21). The van der Waals surface area contributed by atoms with Gasteiger partial charge in [-0.25, -0.2) is 9.59 Å². The Bertz CT molecular complexity index is 362. The van der Waals surface area contributed by atoms with Crippen LogP contribution in [0.2, 0.25) is 0 Å². The van der Waals surface area contributed by atoms with E-state index in [4.69, 9.17) is 5.11 Å². The van der Waals surface area contributed by atoms with Gasteiger partial charge in [0, 0.05) is 32.2 Å². The summed E-state index contributed by atoms with van der Waals surface area (Å²) in [5.41, 5.74) is 0. The van der Waals surface area contributed by atoms with Crippen LogP contribution in [0.5, 0.6) is 0 Å². The smallest absolute Gasteiger partial charge is 0.326 e.